The van der Waals surface area contributed by atoms with Crippen molar-refractivity contribution in [2.45, 2.75) is 5.54 Å². The van der Waals surface area contributed by atoms with E-state index in [4.69, 9.17) is 16.3 Å². The Morgan fingerprint density at radius 3 is 2.21 bits per heavy atom. The van der Waals surface area contributed by atoms with Gasteiger partial charge >= 0.3 is 0 Å². The van der Waals surface area contributed by atoms with Crippen LogP contribution in [0.25, 0.3) is 0 Å². The number of fused-ring (bicyclic) bond motifs is 1. The highest BCUT2D eigenvalue weighted by atomic mass is 35.5. The Balaban J connectivity index is 1.94. The lowest BCUT2D eigenvalue weighted by atomic mass is 9.82. The zero-order valence-electron chi connectivity index (χ0n) is 12.9. The third-order valence-electron chi connectivity index (χ3n) is 4.44. The molecule has 1 heterocycles. The summed E-state index contributed by atoms with van der Waals surface area (Å²) in [6.45, 7) is 0.235. The highest BCUT2D eigenvalue weighted by Crippen LogP contribution is 2.45. The van der Waals surface area contributed by atoms with Gasteiger partial charge in [-0.3, -0.25) is 0 Å². The third kappa shape index (κ3) is 2.25. The molecule has 3 aromatic carbocycles. The molecule has 0 fully saturated rings. The van der Waals surface area contributed by atoms with Gasteiger partial charge in [-0.2, -0.15) is 5.06 Å². The second-order valence-corrected chi connectivity index (χ2v) is 6.22. The number of anilines is 1. The van der Waals surface area contributed by atoms with E-state index in [0.29, 0.717) is 16.5 Å². The van der Waals surface area contributed by atoms with E-state index in [1.807, 2.05) is 60.7 Å². The molecule has 0 aromatic heterocycles. The van der Waals surface area contributed by atoms with Crippen LogP contribution in [0.4, 0.5) is 5.69 Å². The number of nitrogens with zero attached hydrogens (tertiary/aromatic N) is 1. The van der Waals surface area contributed by atoms with Crippen LogP contribution in [0.5, 0.6) is 5.75 Å². The van der Waals surface area contributed by atoms with Crippen LogP contribution in [0.2, 0.25) is 5.02 Å². The minimum atomic E-state index is -0.944. The maximum absolute atomic E-state index is 13.4. The molecule has 119 valence electrons. The van der Waals surface area contributed by atoms with Gasteiger partial charge in [0, 0.05) is 5.02 Å². The molecule has 3 aromatic rings. The highest BCUT2D eigenvalue weighted by molar-refractivity contribution is 6.30. The number of hydroxylamine groups is 1. The van der Waals surface area contributed by atoms with Crippen LogP contribution >= 0.6 is 11.6 Å². The highest BCUT2D eigenvalue weighted by Gasteiger charge is 2.46. The molecule has 3 nitrogen and oxygen atoms in total. The van der Waals surface area contributed by atoms with Crippen molar-refractivity contribution in [3.05, 3.63) is 95.0 Å². The van der Waals surface area contributed by atoms with Crippen molar-refractivity contribution in [1.82, 2.24) is 0 Å². The van der Waals surface area contributed by atoms with E-state index in [9.17, 15) is 5.21 Å². The Morgan fingerprint density at radius 1 is 0.833 bits per heavy atom. The van der Waals surface area contributed by atoms with Crippen molar-refractivity contribution in [3.63, 3.8) is 0 Å². The van der Waals surface area contributed by atoms with Gasteiger partial charge in [-0.05, 0) is 35.4 Å². The van der Waals surface area contributed by atoms with Crippen molar-refractivity contribution < 1.29 is 9.94 Å². The van der Waals surface area contributed by atoms with Crippen molar-refractivity contribution in [2.75, 3.05) is 11.7 Å². The van der Waals surface area contributed by atoms with Crippen LogP contribution < -0.4 is 9.80 Å². The largest absolute Gasteiger partial charge is 0.488 e. The van der Waals surface area contributed by atoms with Gasteiger partial charge in [-0.25, -0.2) is 0 Å². The molecule has 0 N–H and O–H groups in total. The zero-order valence-corrected chi connectivity index (χ0v) is 13.6. The first kappa shape index (κ1) is 15.1. The standard InChI is InChI=1S/C20H15ClNO2/c21-17-12-10-16(11-13-17)20(15-6-2-1-3-7-15)14-24-19-9-5-4-8-18(19)22(20)23/h1-13H,14H2. The Labute approximate surface area is 145 Å². The number of benzene rings is 3. The molecule has 0 bridgehead atoms. The lowest BCUT2D eigenvalue weighted by Gasteiger charge is -2.43. The van der Waals surface area contributed by atoms with E-state index >= 15 is 0 Å². The van der Waals surface area contributed by atoms with E-state index in [0.717, 1.165) is 16.2 Å². The maximum Gasteiger partial charge on any atom is 0.154 e. The number of halogens is 1. The first-order valence-electron chi connectivity index (χ1n) is 7.72. The normalized spacial score (nSPS) is 19.5. The summed E-state index contributed by atoms with van der Waals surface area (Å²) >= 11 is 6.04. The quantitative estimate of drug-likeness (QED) is 0.671. The smallest absolute Gasteiger partial charge is 0.154 e. The molecule has 1 aliphatic heterocycles. The van der Waals surface area contributed by atoms with Gasteiger partial charge in [0.15, 0.2) is 5.54 Å². The molecule has 0 saturated heterocycles. The summed E-state index contributed by atoms with van der Waals surface area (Å²) in [7, 11) is 0. The Bertz CT molecular complexity index is 851. The lowest BCUT2D eigenvalue weighted by molar-refractivity contribution is 0.0503. The zero-order chi connectivity index (χ0) is 16.6. The fourth-order valence-corrected chi connectivity index (χ4v) is 3.33. The summed E-state index contributed by atoms with van der Waals surface area (Å²) in [5.74, 6) is 0.605. The Morgan fingerprint density at radius 2 is 1.46 bits per heavy atom. The molecule has 0 aliphatic carbocycles. The fourth-order valence-electron chi connectivity index (χ4n) is 3.20. The van der Waals surface area contributed by atoms with E-state index in [2.05, 4.69) is 0 Å². The summed E-state index contributed by atoms with van der Waals surface area (Å²) in [5.41, 5.74) is 1.32. The van der Waals surface area contributed by atoms with Crippen LogP contribution in [-0.4, -0.2) is 6.61 Å². The topological polar surface area (TPSA) is 32.4 Å². The molecular formula is C20H15ClNO2. The molecule has 4 heteroatoms. The third-order valence-corrected chi connectivity index (χ3v) is 4.69. The van der Waals surface area contributed by atoms with E-state index in [1.165, 1.54) is 0 Å². The van der Waals surface area contributed by atoms with Gasteiger partial charge in [-0.15, -0.1) is 0 Å². The lowest BCUT2D eigenvalue weighted by Crippen LogP contribution is -2.51. The molecular weight excluding hydrogens is 322 g/mol. The van der Waals surface area contributed by atoms with Crippen LogP contribution in [0.3, 0.4) is 0 Å². The molecule has 1 atom stereocenters. The predicted molar refractivity (Wildman–Crippen MR) is 93.8 cm³/mol. The van der Waals surface area contributed by atoms with Crippen LogP contribution in [0, 0.1) is 0 Å². The van der Waals surface area contributed by atoms with Crippen molar-refractivity contribution >= 4 is 17.3 Å². The average Bonchev–Trinajstić information content (AvgIpc) is 2.64. The van der Waals surface area contributed by atoms with Crippen LogP contribution in [0.15, 0.2) is 78.9 Å². The summed E-state index contributed by atoms with van der Waals surface area (Å²) in [5, 5.41) is 15.1. The molecule has 1 radical (unpaired) electrons. The Kier molecular flexibility index (Phi) is 3.68. The minimum Gasteiger partial charge on any atom is -0.488 e. The number of hydrogen-bond donors (Lipinski definition) is 0. The minimum absolute atomic E-state index is 0.235. The molecule has 1 aliphatic rings. The fraction of sp³-hybridized carbons (Fsp3) is 0.100. The monoisotopic (exact) mass is 336 g/mol. The van der Waals surface area contributed by atoms with Gasteiger partial charge in [0.05, 0.1) is 0 Å². The number of para-hydroxylation sites is 2. The molecule has 24 heavy (non-hydrogen) atoms. The predicted octanol–water partition coefficient (Wildman–Crippen LogP) is 4.83. The van der Waals surface area contributed by atoms with Crippen molar-refractivity contribution in [1.29, 1.82) is 0 Å². The summed E-state index contributed by atoms with van der Waals surface area (Å²) < 4.78 is 5.97. The van der Waals surface area contributed by atoms with Gasteiger partial charge in [0.2, 0.25) is 0 Å². The average molecular weight is 337 g/mol. The van der Waals surface area contributed by atoms with Crippen LogP contribution in [0.1, 0.15) is 11.1 Å². The molecule has 0 spiro atoms. The number of ether oxygens (including phenoxy) is 1. The maximum atomic E-state index is 13.4. The summed E-state index contributed by atoms with van der Waals surface area (Å²) in [6, 6.07) is 24.4. The molecule has 1 unspecified atom stereocenters. The number of rotatable bonds is 2. The van der Waals surface area contributed by atoms with Gasteiger partial charge in [-0.1, -0.05) is 71.4 Å². The van der Waals surface area contributed by atoms with E-state index in [1.54, 1.807) is 18.2 Å². The van der Waals surface area contributed by atoms with Crippen LogP contribution in [-0.2, 0) is 10.7 Å². The number of hydrogen-bond acceptors (Lipinski definition) is 2. The van der Waals surface area contributed by atoms with Gasteiger partial charge in [0.25, 0.3) is 0 Å². The molecule has 4 rings (SSSR count). The van der Waals surface area contributed by atoms with Crippen molar-refractivity contribution in [3.8, 4) is 5.75 Å². The Hall–Kier alpha value is -2.49. The van der Waals surface area contributed by atoms with Gasteiger partial charge in [0.1, 0.15) is 18.0 Å². The first-order chi connectivity index (χ1) is 11.7. The first-order valence-corrected chi connectivity index (χ1v) is 8.10. The van der Waals surface area contributed by atoms with E-state index < -0.39 is 5.54 Å². The summed E-state index contributed by atoms with van der Waals surface area (Å²) in [4.78, 5) is 0. The van der Waals surface area contributed by atoms with Crippen molar-refractivity contribution in [2.24, 2.45) is 0 Å². The second-order valence-electron chi connectivity index (χ2n) is 5.78. The SMILES string of the molecule is [O]N1c2ccccc2OCC1(c1ccccc1)c1ccc(Cl)cc1. The summed E-state index contributed by atoms with van der Waals surface area (Å²) in [6.07, 6.45) is 0. The molecule has 0 amide bonds. The van der Waals surface area contributed by atoms with Gasteiger partial charge < -0.3 is 4.74 Å². The molecule has 0 saturated carbocycles. The van der Waals surface area contributed by atoms with E-state index in [-0.39, 0.29) is 6.61 Å². The second kappa shape index (κ2) is 5.86.